The fourth-order valence-corrected chi connectivity index (χ4v) is 7.01. The summed E-state index contributed by atoms with van der Waals surface area (Å²) in [7, 11) is -4.55. The van der Waals surface area contributed by atoms with Gasteiger partial charge in [0, 0.05) is 0 Å². The van der Waals surface area contributed by atoms with Crippen molar-refractivity contribution >= 4 is 7.82 Å². The zero-order valence-electron chi connectivity index (χ0n) is 17.9. The van der Waals surface area contributed by atoms with Crippen molar-refractivity contribution in [3.63, 3.8) is 0 Å². The number of rotatable bonds is 7. The second-order valence-electron chi connectivity index (χ2n) is 9.45. The second-order valence-corrected chi connectivity index (χ2v) is 10.6. The molecule has 5 atom stereocenters. The predicted octanol–water partition coefficient (Wildman–Crippen LogP) is 6.21. The SMILES string of the molecule is CCCC1C2CCCC(C2)C2C(=COCc3cccc(OP(=O)(O)O)c3)CCCC12. The number of phosphoric ester groups is 1. The Labute approximate surface area is 180 Å². The minimum absolute atomic E-state index is 0.165. The average molecular weight is 435 g/mol. The van der Waals surface area contributed by atoms with Gasteiger partial charge in [-0.1, -0.05) is 44.7 Å². The summed E-state index contributed by atoms with van der Waals surface area (Å²) in [6.07, 6.45) is 14.1. The Morgan fingerprint density at radius 2 is 2.00 bits per heavy atom. The molecule has 4 rings (SSSR count). The highest BCUT2D eigenvalue weighted by Gasteiger charge is 2.47. The Morgan fingerprint density at radius 1 is 1.17 bits per heavy atom. The molecule has 166 valence electrons. The molecule has 1 aromatic carbocycles. The van der Waals surface area contributed by atoms with Crippen molar-refractivity contribution in [2.75, 3.05) is 0 Å². The largest absolute Gasteiger partial charge is 0.524 e. The van der Waals surface area contributed by atoms with Crippen LogP contribution in [0.2, 0.25) is 0 Å². The van der Waals surface area contributed by atoms with Crippen LogP contribution in [-0.4, -0.2) is 9.79 Å². The van der Waals surface area contributed by atoms with Crippen molar-refractivity contribution in [1.29, 1.82) is 0 Å². The van der Waals surface area contributed by atoms with Gasteiger partial charge in [-0.25, -0.2) is 4.57 Å². The highest BCUT2D eigenvalue weighted by molar-refractivity contribution is 7.46. The number of hydrogen-bond donors (Lipinski definition) is 2. The van der Waals surface area contributed by atoms with Crippen molar-refractivity contribution in [2.45, 2.75) is 71.3 Å². The third-order valence-corrected chi connectivity index (χ3v) is 7.99. The number of ether oxygens (including phenoxy) is 1. The van der Waals surface area contributed by atoms with Crippen LogP contribution in [0.5, 0.6) is 5.75 Å². The molecule has 0 amide bonds. The smallest absolute Gasteiger partial charge is 0.497 e. The lowest BCUT2D eigenvalue weighted by molar-refractivity contribution is -0.00382. The molecule has 2 bridgehead atoms. The van der Waals surface area contributed by atoms with E-state index in [9.17, 15) is 4.57 Å². The summed E-state index contributed by atoms with van der Waals surface area (Å²) in [6, 6.07) is 6.79. The van der Waals surface area contributed by atoms with Crippen LogP contribution >= 0.6 is 7.82 Å². The van der Waals surface area contributed by atoms with Crippen molar-refractivity contribution in [3.05, 3.63) is 41.7 Å². The maximum absolute atomic E-state index is 11.1. The summed E-state index contributed by atoms with van der Waals surface area (Å²) in [6.45, 7) is 2.71. The first-order valence-corrected chi connectivity index (χ1v) is 13.1. The van der Waals surface area contributed by atoms with Crippen LogP contribution in [-0.2, 0) is 15.9 Å². The first-order valence-electron chi connectivity index (χ1n) is 11.6. The fourth-order valence-electron chi connectivity index (χ4n) is 6.62. The summed E-state index contributed by atoms with van der Waals surface area (Å²) in [5.74, 6) is 4.35. The van der Waals surface area contributed by atoms with E-state index in [1.807, 2.05) is 12.3 Å². The van der Waals surface area contributed by atoms with Gasteiger partial charge < -0.3 is 9.26 Å². The molecule has 0 aromatic heterocycles. The number of allylic oxidation sites excluding steroid dienone is 1. The third-order valence-electron chi connectivity index (χ3n) is 7.54. The Morgan fingerprint density at radius 3 is 2.80 bits per heavy atom. The number of hydrogen-bond acceptors (Lipinski definition) is 3. The molecule has 5 unspecified atom stereocenters. The van der Waals surface area contributed by atoms with Gasteiger partial charge in [0.05, 0.1) is 6.26 Å². The van der Waals surface area contributed by atoms with Crippen LogP contribution in [0.3, 0.4) is 0 Å². The van der Waals surface area contributed by atoms with Gasteiger partial charge in [0.1, 0.15) is 12.4 Å². The fraction of sp³-hybridized carbons (Fsp3) is 0.667. The molecule has 1 aromatic rings. The third kappa shape index (κ3) is 5.12. The van der Waals surface area contributed by atoms with Gasteiger partial charge >= 0.3 is 7.82 Å². The maximum Gasteiger partial charge on any atom is 0.524 e. The minimum atomic E-state index is -4.55. The number of benzene rings is 1. The number of phosphoric acid groups is 1. The van der Waals surface area contributed by atoms with Crippen LogP contribution in [0, 0.1) is 29.6 Å². The molecule has 2 N–H and O–H groups in total. The van der Waals surface area contributed by atoms with E-state index in [-0.39, 0.29) is 5.75 Å². The van der Waals surface area contributed by atoms with Crippen LogP contribution in [0.1, 0.15) is 70.3 Å². The lowest BCUT2D eigenvalue weighted by atomic mass is 9.52. The lowest BCUT2D eigenvalue weighted by Gasteiger charge is -2.53. The summed E-state index contributed by atoms with van der Waals surface area (Å²) >= 11 is 0. The van der Waals surface area contributed by atoms with E-state index >= 15 is 0 Å². The standard InChI is InChI=1S/C24H35O5P/c1-2-6-22-18-8-4-9-19(14-18)24-20(10-5-12-23(22)24)16-28-15-17-7-3-11-21(13-17)29-30(25,26)27/h3,7,11,13,16,18-19,22-24H,2,4-6,8-10,12,14-15H2,1H3,(H2,25,26,27). The summed E-state index contributed by atoms with van der Waals surface area (Å²) in [5.41, 5.74) is 2.34. The van der Waals surface area contributed by atoms with Crippen LogP contribution < -0.4 is 4.52 Å². The van der Waals surface area contributed by atoms with E-state index < -0.39 is 7.82 Å². The van der Waals surface area contributed by atoms with E-state index in [0.717, 1.165) is 35.7 Å². The predicted molar refractivity (Wildman–Crippen MR) is 117 cm³/mol. The molecule has 3 aliphatic carbocycles. The zero-order valence-corrected chi connectivity index (χ0v) is 18.8. The second kappa shape index (κ2) is 9.46. The summed E-state index contributed by atoms with van der Waals surface area (Å²) in [5, 5.41) is 0. The molecule has 5 nitrogen and oxygen atoms in total. The minimum Gasteiger partial charge on any atom is -0.497 e. The molecule has 30 heavy (non-hydrogen) atoms. The zero-order chi connectivity index (χ0) is 21.1. The highest BCUT2D eigenvalue weighted by Crippen LogP contribution is 2.57. The molecule has 0 spiro atoms. The average Bonchev–Trinajstić information content (AvgIpc) is 2.70. The van der Waals surface area contributed by atoms with Gasteiger partial charge in [0.25, 0.3) is 0 Å². The van der Waals surface area contributed by atoms with Crippen molar-refractivity contribution in [3.8, 4) is 5.75 Å². The highest BCUT2D eigenvalue weighted by atomic mass is 31.2. The molecular formula is C24H35O5P. The van der Waals surface area contributed by atoms with Gasteiger partial charge in [-0.15, -0.1) is 0 Å². The normalized spacial score (nSPS) is 32.5. The van der Waals surface area contributed by atoms with E-state index in [0.29, 0.717) is 12.5 Å². The van der Waals surface area contributed by atoms with Crippen LogP contribution in [0.15, 0.2) is 36.1 Å². The molecule has 3 fully saturated rings. The van der Waals surface area contributed by atoms with Crippen LogP contribution in [0.25, 0.3) is 0 Å². The van der Waals surface area contributed by atoms with E-state index in [2.05, 4.69) is 11.4 Å². The number of fused-ring (bicyclic) bond motifs is 4. The molecular weight excluding hydrogens is 399 g/mol. The Kier molecular flexibility index (Phi) is 6.91. The van der Waals surface area contributed by atoms with Gasteiger partial charge in [0.15, 0.2) is 0 Å². The van der Waals surface area contributed by atoms with E-state index in [1.165, 1.54) is 56.9 Å². The molecule has 3 saturated carbocycles. The topological polar surface area (TPSA) is 76.0 Å². The summed E-state index contributed by atoms with van der Waals surface area (Å²) in [4.78, 5) is 18.0. The van der Waals surface area contributed by atoms with Crippen molar-refractivity contribution in [2.24, 2.45) is 29.6 Å². The Bertz CT molecular complexity index is 801. The van der Waals surface area contributed by atoms with Crippen LogP contribution in [0.4, 0.5) is 0 Å². The van der Waals surface area contributed by atoms with E-state index in [1.54, 1.807) is 18.2 Å². The molecule has 0 radical (unpaired) electrons. The monoisotopic (exact) mass is 434 g/mol. The van der Waals surface area contributed by atoms with Gasteiger partial charge in [0.2, 0.25) is 0 Å². The molecule has 6 heteroatoms. The lowest BCUT2D eigenvalue weighted by Crippen LogP contribution is -2.44. The van der Waals surface area contributed by atoms with E-state index in [4.69, 9.17) is 14.5 Å². The quantitative estimate of drug-likeness (QED) is 0.394. The van der Waals surface area contributed by atoms with Crippen molar-refractivity contribution < 1.29 is 23.6 Å². The van der Waals surface area contributed by atoms with Gasteiger partial charge in [-0.05, 0) is 85.0 Å². The molecule has 0 saturated heterocycles. The van der Waals surface area contributed by atoms with Gasteiger partial charge in [-0.3, -0.25) is 9.79 Å². The first-order chi connectivity index (χ1) is 14.4. The molecule has 3 aliphatic rings. The van der Waals surface area contributed by atoms with Gasteiger partial charge in [-0.2, -0.15) is 0 Å². The molecule has 0 aliphatic heterocycles. The molecule has 0 heterocycles. The summed E-state index contributed by atoms with van der Waals surface area (Å²) < 4.78 is 21.8. The first kappa shape index (κ1) is 21.9. The maximum atomic E-state index is 11.1. The Balaban J connectivity index is 1.45. The van der Waals surface area contributed by atoms with Crippen molar-refractivity contribution in [1.82, 2.24) is 0 Å². The Hall–Kier alpha value is -1.29.